The Hall–Kier alpha value is -2.04. The van der Waals surface area contributed by atoms with E-state index in [2.05, 4.69) is 23.6 Å². The molecule has 2 amide bonds. The Kier molecular flexibility index (Phi) is 5.20. The molecular weight excluding hydrogens is 268 g/mol. The molecule has 0 radical (unpaired) electrons. The maximum atomic E-state index is 11.9. The summed E-state index contributed by atoms with van der Waals surface area (Å²) in [6.07, 6.45) is 2.82. The second-order valence-electron chi connectivity index (χ2n) is 5.49. The number of carbonyl (C=O) groups is 2. The molecule has 5 nitrogen and oxygen atoms in total. The Morgan fingerprint density at radius 3 is 2.57 bits per heavy atom. The van der Waals surface area contributed by atoms with Gasteiger partial charge in [0, 0.05) is 12.6 Å². The number of aliphatic carboxylic acids is 1. The van der Waals surface area contributed by atoms with Crippen LogP contribution in [0.4, 0.5) is 4.79 Å². The number of urea groups is 1. The van der Waals surface area contributed by atoms with E-state index in [9.17, 15) is 9.59 Å². The van der Waals surface area contributed by atoms with Crippen LogP contribution in [-0.4, -0.2) is 23.1 Å². The summed E-state index contributed by atoms with van der Waals surface area (Å²) in [5.74, 6) is -1.09. The highest BCUT2D eigenvalue weighted by molar-refractivity contribution is 5.75. The molecule has 0 unspecified atom stereocenters. The third kappa shape index (κ3) is 4.21. The number of hydrogen-bond acceptors (Lipinski definition) is 2. The van der Waals surface area contributed by atoms with Crippen molar-refractivity contribution in [1.29, 1.82) is 0 Å². The van der Waals surface area contributed by atoms with E-state index in [1.54, 1.807) is 0 Å². The first-order valence-electron chi connectivity index (χ1n) is 7.44. The molecule has 1 aromatic carbocycles. The number of rotatable bonds is 5. The van der Waals surface area contributed by atoms with Crippen molar-refractivity contribution in [1.82, 2.24) is 10.6 Å². The van der Waals surface area contributed by atoms with E-state index < -0.39 is 5.97 Å². The minimum absolute atomic E-state index is 0.0347. The molecule has 114 valence electrons. The van der Waals surface area contributed by atoms with Gasteiger partial charge in [0.15, 0.2) is 0 Å². The summed E-state index contributed by atoms with van der Waals surface area (Å²) < 4.78 is 0. The van der Waals surface area contributed by atoms with E-state index in [0.29, 0.717) is 19.4 Å². The van der Waals surface area contributed by atoms with Crippen molar-refractivity contribution in [2.75, 3.05) is 0 Å². The van der Waals surface area contributed by atoms with Gasteiger partial charge < -0.3 is 15.7 Å². The highest BCUT2D eigenvalue weighted by atomic mass is 16.4. The largest absolute Gasteiger partial charge is 0.481 e. The van der Waals surface area contributed by atoms with Gasteiger partial charge in [0.05, 0.1) is 5.92 Å². The molecule has 5 heteroatoms. The lowest BCUT2D eigenvalue weighted by atomic mass is 10.1. The molecule has 0 bridgehead atoms. The average molecular weight is 290 g/mol. The van der Waals surface area contributed by atoms with Gasteiger partial charge in [-0.1, -0.05) is 31.2 Å². The molecule has 1 fully saturated rings. The molecule has 1 aliphatic carbocycles. The Morgan fingerprint density at radius 1 is 1.24 bits per heavy atom. The molecule has 0 heterocycles. The SMILES string of the molecule is CCc1ccccc1CNC(=O)N[C@H]1CC[C@@H](C(=O)O)C1. The predicted octanol–water partition coefficient (Wildman–Crippen LogP) is 2.30. The van der Waals surface area contributed by atoms with Gasteiger partial charge in [0.25, 0.3) is 0 Å². The lowest BCUT2D eigenvalue weighted by Crippen LogP contribution is -2.41. The Balaban J connectivity index is 1.79. The molecule has 0 aromatic heterocycles. The van der Waals surface area contributed by atoms with Crippen LogP contribution >= 0.6 is 0 Å². The van der Waals surface area contributed by atoms with Crippen LogP contribution in [0.25, 0.3) is 0 Å². The van der Waals surface area contributed by atoms with E-state index in [-0.39, 0.29) is 18.0 Å². The summed E-state index contributed by atoms with van der Waals surface area (Å²) in [5, 5.41) is 14.7. The Morgan fingerprint density at radius 2 is 1.95 bits per heavy atom. The smallest absolute Gasteiger partial charge is 0.315 e. The first-order valence-corrected chi connectivity index (χ1v) is 7.44. The minimum atomic E-state index is -0.767. The van der Waals surface area contributed by atoms with Crippen molar-refractivity contribution in [3.8, 4) is 0 Å². The van der Waals surface area contributed by atoms with Crippen molar-refractivity contribution >= 4 is 12.0 Å². The topological polar surface area (TPSA) is 78.4 Å². The zero-order valence-corrected chi connectivity index (χ0v) is 12.3. The van der Waals surface area contributed by atoms with Crippen LogP contribution < -0.4 is 10.6 Å². The zero-order valence-electron chi connectivity index (χ0n) is 12.3. The summed E-state index contributed by atoms with van der Waals surface area (Å²) in [5.41, 5.74) is 2.34. The number of hydrogen-bond donors (Lipinski definition) is 3. The lowest BCUT2D eigenvalue weighted by molar-refractivity contribution is -0.141. The van der Waals surface area contributed by atoms with Crippen molar-refractivity contribution < 1.29 is 14.7 Å². The molecule has 0 saturated heterocycles. The van der Waals surface area contributed by atoms with Gasteiger partial charge in [-0.25, -0.2) is 4.79 Å². The van der Waals surface area contributed by atoms with Crippen molar-refractivity contribution in [3.63, 3.8) is 0 Å². The summed E-state index contributed by atoms with van der Waals surface area (Å²) >= 11 is 0. The summed E-state index contributed by atoms with van der Waals surface area (Å²) in [6, 6.07) is 7.76. The molecule has 2 rings (SSSR count). The quantitative estimate of drug-likeness (QED) is 0.778. The maximum Gasteiger partial charge on any atom is 0.315 e. The number of aryl methyl sites for hydroxylation is 1. The van der Waals surface area contributed by atoms with Crippen LogP contribution in [0.5, 0.6) is 0 Å². The van der Waals surface area contributed by atoms with Gasteiger partial charge in [0.1, 0.15) is 0 Å². The first-order chi connectivity index (χ1) is 10.1. The third-order valence-electron chi connectivity index (χ3n) is 4.06. The van der Waals surface area contributed by atoms with E-state index in [1.165, 1.54) is 5.56 Å². The van der Waals surface area contributed by atoms with E-state index in [1.807, 2.05) is 18.2 Å². The van der Waals surface area contributed by atoms with Crippen LogP contribution in [0.3, 0.4) is 0 Å². The molecule has 1 saturated carbocycles. The van der Waals surface area contributed by atoms with Crippen LogP contribution in [0.2, 0.25) is 0 Å². The fourth-order valence-electron chi connectivity index (χ4n) is 2.82. The second kappa shape index (κ2) is 7.11. The van der Waals surface area contributed by atoms with Crippen molar-refractivity contribution in [2.45, 2.75) is 45.2 Å². The summed E-state index contributed by atoms with van der Waals surface area (Å²) in [6.45, 7) is 2.58. The Bertz CT molecular complexity index is 516. The van der Waals surface area contributed by atoms with Gasteiger partial charge in [-0.2, -0.15) is 0 Å². The number of amides is 2. The van der Waals surface area contributed by atoms with Crippen molar-refractivity contribution in [2.24, 2.45) is 5.92 Å². The van der Waals surface area contributed by atoms with Gasteiger partial charge in [-0.15, -0.1) is 0 Å². The highest BCUT2D eigenvalue weighted by Crippen LogP contribution is 2.25. The first kappa shape index (κ1) is 15.4. The third-order valence-corrected chi connectivity index (χ3v) is 4.06. The highest BCUT2D eigenvalue weighted by Gasteiger charge is 2.30. The van der Waals surface area contributed by atoms with Gasteiger partial charge >= 0.3 is 12.0 Å². The van der Waals surface area contributed by atoms with Gasteiger partial charge in [-0.3, -0.25) is 4.79 Å². The zero-order chi connectivity index (χ0) is 15.2. The lowest BCUT2D eigenvalue weighted by Gasteiger charge is -2.14. The summed E-state index contributed by atoms with van der Waals surface area (Å²) in [7, 11) is 0. The normalized spacial score (nSPS) is 21.0. The molecule has 2 atom stereocenters. The van der Waals surface area contributed by atoms with E-state index in [4.69, 9.17) is 5.11 Å². The number of carboxylic acids is 1. The number of nitrogens with one attached hydrogen (secondary N) is 2. The maximum absolute atomic E-state index is 11.9. The number of benzene rings is 1. The second-order valence-corrected chi connectivity index (χ2v) is 5.49. The fourth-order valence-corrected chi connectivity index (χ4v) is 2.82. The molecule has 1 aromatic rings. The van der Waals surface area contributed by atoms with E-state index >= 15 is 0 Å². The van der Waals surface area contributed by atoms with Crippen LogP contribution in [-0.2, 0) is 17.8 Å². The molecule has 0 spiro atoms. The monoisotopic (exact) mass is 290 g/mol. The van der Waals surface area contributed by atoms with Gasteiger partial charge in [-0.05, 0) is 36.8 Å². The molecule has 21 heavy (non-hydrogen) atoms. The van der Waals surface area contributed by atoms with Gasteiger partial charge in [0.2, 0.25) is 0 Å². The van der Waals surface area contributed by atoms with Crippen molar-refractivity contribution in [3.05, 3.63) is 35.4 Å². The minimum Gasteiger partial charge on any atom is -0.481 e. The average Bonchev–Trinajstić information content (AvgIpc) is 2.94. The molecule has 3 N–H and O–H groups in total. The molecular formula is C16H22N2O3. The standard InChI is InChI=1S/C16H22N2O3/c1-2-11-5-3-4-6-13(11)10-17-16(21)18-14-8-7-12(9-14)15(19)20/h3-6,12,14H,2,7-10H2,1H3,(H,19,20)(H2,17,18,21)/t12-,14+/m1/s1. The molecule has 0 aliphatic heterocycles. The van der Waals surface area contributed by atoms with Crippen LogP contribution in [0, 0.1) is 5.92 Å². The molecule has 1 aliphatic rings. The van der Waals surface area contributed by atoms with E-state index in [0.717, 1.165) is 18.4 Å². The fraction of sp³-hybridized carbons (Fsp3) is 0.500. The predicted molar refractivity (Wildman–Crippen MR) is 80.0 cm³/mol. The number of carbonyl (C=O) groups excluding carboxylic acids is 1. The van der Waals surface area contributed by atoms with Crippen LogP contribution in [0.15, 0.2) is 24.3 Å². The number of carboxylic acid groups (broad SMARTS) is 1. The van der Waals surface area contributed by atoms with Crippen LogP contribution in [0.1, 0.15) is 37.3 Å². The Labute approximate surface area is 124 Å². The summed E-state index contributed by atoms with van der Waals surface area (Å²) in [4.78, 5) is 22.8.